The summed E-state index contributed by atoms with van der Waals surface area (Å²) in [6, 6.07) is 12.1. The Bertz CT molecular complexity index is 900. The van der Waals surface area contributed by atoms with Crippen LogP contribution < -0.4 is 0 Å². The topological polar surface area (TPSA) is 68.7 Å². The molecule has 1 aliphatic rings. The predicted molar refractivity (Wildman–Crippen MR) is 90.9 cm³/mol. The van der Waals surface area contributed by atoms with Gasteiger partial charge in [0.05, 0.1) is 5.52 Å². The molecule has 0 atom stereocenters. The van der Waals surface area contributed by atoms with Crippen LogP contribution in [0.5, 0.6) is 5.88 Å². The van der Waals surface area contributed by atoms with Crippen molar-refractivity contribution in [3.05, 3.63) is 52.4 Å². The van der Waals surface area contributed by atoms with Gasteiger partial charge in [0.25, 0.3) is 0 Å². The fourth-order valence-corrected chi connectivity index (χ4v) is 3.49. The number of benzene rings is 2. The van der Waals surface area contributed by atoms with Gasteiger partial charge >= 0.3 is 0 Å². The molecule has 1 aromatic heterocycles. The van der Waals surface area contributed by atoms with E-state index in [0.29, 0.717) is 5.39 Å². The average molecular weight is 307 g/mol. The van der Waals surface area contributed by atoms with Crippen LogP contribution >= 0.6 is 0 Å². The first-order valence-corrected chi connectivity index (χ1v) is 7.65. The molecular weight excluding hydrogens is 290 g/mol. The van der Waals surface area contributed by atoms with Gasteiger partial charge < -0.3 is 15.0 Å². The number of likely N-dealkylation sites (N-methyl/N-ethyl adjacent to an activating group) is 1. The molecule has 5 nitrogen and oxygen atoms in total. The van der Waals surface area contributed by atoms with Crippen LogP contribution in [0.15, 0.2) is 41.6 Å². The third-order valence-electron chi connectivity index (χ3n) is 4.62. The Kier molecular flexibility index (Phi) is 3.16. The standard InChI is InChI=1S/C18H17N3O2/c1-21-8-7-12-15(10-21)13(11-5-3-2-4-6-11)9-14-16(12)19-18(22)17(14)20-23/h2-6,9,19,22H,7-8,10H2,1H3. The van der Waals surface area contributed by atoms with Gasteiger partial charge in [-0.25, -0.2) is 0 Å². The van der Waals surface area contributed by atoms with E-state index in [9.17, 15) is 10.0 Å². The summed E-state index contributed by atoms with van der Waals surface area (Å²) in [5, 5.41) is 13.7. The third-order valence-corrected chi connectivity index (χ3v) is 4.62. The number of nitroso groups, excluding NO2 is 1. The Morgan fingerprint density at radius 3 is 2.74 bits per heavy atom. The van der Waals surface area contributed by atoms with E-state index in [-0.39, 0.29) is 11.6 Å². The minimum absolute atomic E-state index is 0.0962. The molecule has 2 heterocycles. The molecule has 0 amide bonds. The Balaban J connectivity index is 2.08. The van der Waals surface area contributed by atoms with Crippen LogP contribution in [0.4, 0.5) is 5.69 Å². The van der Waals surface area contributed by atoms with Gasteiger partial charge in [0.15, 0.2) is 5.69 Å². The summed E-state index contributed by atoms with van der Waals surface area (Å²) in [6.45, 7) is 1.79. The second-order valence-electron chi connectivity index (χ2n) is 6.07. The monoisotopic (exact) mass is 307 g/mol. The highest BCUT2D eigenvalue weighted by Crippen LogP contribution is 2.42. The van der Waals surface area contributed by atoms with Crippen LogP contribution in [0.1, 0.15) is 11.1 Å². The normalized spacial score (nSPS) is 14.8. The summed E-state index contributed by atoms with van der Waals surface area (Å²) in [4.78, 5) is 16.4. The van der Waals surface area contributed by atoms with Crippen molar-refractivity contribution in [3.63, 3.8) is 0 Å². The lowest BCUT2D eigenvalue weighted by molar-refractivity contribution is 0.314. The van der Waals surface area contributed by atoms with Crippen molar-refractivity contribution in [2.75, 3.05) is 13.6 Å². The molecule has 0 saturated carbocycles. The first-order valence-electron chi connectivity index (χ1n) is 7.65. The third kappa shape index (κ3) is 2.12. The molecule has 23 heavy (non-hydrogen) atoms. The molecule has 4 rings (SSSR count). The van der Waals surface area contributed by atoms with Crippen molar-refractivity contribution in [1.82, 2.24) is 9.88 Å². The van der Waals surface area contributed by atoms with Gasteiger partial charge in [-0.05, 0) is 47.0 Å². The van der Waals surface area contributed by atoms with Gasteiger partial charge in [0.2, 0.25) is 5.88 Å². The van der Waals surface area contributed by atoms with E-state index in [4.69, 9.17) is 0 Å². The van der Waals surface area contributed by atoms with Crippen LogP contribution in [0, 0.1) is 4.91 Å². The van der Waals surface area contributed by atoms with E-state index in [0.717, 1.165) is 36.2 Å². The number of rotatable bonds is 2. The zero-order valence-electron chi connectivity index (χ0n) is 12.8. The lowest BCUT2D eigenvalue weighted by atomic mass is 9.89. The van der Waals surface area contributed by atoms with Gasteiger partial charge in [-0.2, -0.15) is 0 Å². The number of aromatic nitrogens is 1. The van der Waals surface area contributed by atoms with Crippen molar-refractivity contribution in [2.24, 2.45) is 5.18 Å². The Morgan fingerprint density at radius 2 is 2.00 bits per heavy atom. The Hall–Kier alpha value is -2.66. The highest BCUT2D eigenvalue weighted by molar-refractivity contribution is 6.00. The number of aromatic hydroxyl groups is 1. The number of H-pyrrole nitrogens is 1. The van der Waals surface area contributed by atoms with Gasteiger partial charge in [0.1, 0.15) is 0 Å². The van der Waals surface area contributed by atoms with Crippen molar-refractivity contribution in [1.29, 1.82) is 0 Å². The molecule has 0 bridgehead atoms. The minimum atomic E-state index is -0.152. The molecule has 3 aromatic rings. The SMILES string of the molecule is CN1CCc2c(c(-c3ccccc3)cc3c(N=O)c(O)[nH]c23)C1. The first kappa shape index (κ1) is 14.0. The maximum absolute atomic E-state index is 11.1. The quantitative estimate of drug-likeness (QED) is 0.705. The molecule has 0 aliphatic carbocycles. The summed E-state index contributed by atoms with van der Waals surface area (Å²) in [5.74, 6) is -0.152. The van der Waals surface area contributed by atoms with Crippen molar-refractivity contribution in [2.45, 2.75) is 13.0 Å². The molecule has 0 saturated heterocycles. The highest BCUT2D eigenvalue weighted by Gasteiger charge is 2.24. The Labute approximate surface area is 133 Å². The van der Waals surface area contributed by atoms with Gasteiger partial charge in [-0.1, -0.05) is 30.3 Å². The van der Waals surface area contributed by atoms with E-state index in [1.807, 2.05) is 24.3 Å². The number of aromatic amines is 1. The zero-order valence-corrected chi connectivity index (χ0v) is 12.8. The molecule has 1 aliphatic heterocycles. The van der Waals surface area contributed by atoms with E-state index in [1.54, 1.807) is 0 Å². The van der Waals surface area contributed by atoms with Crippen molar-refractivity contribution < 1.29 is 5.11 Å². The van der Waals surface area contributed by atoms with Crippen molar-refractivity contribution >= 4 is 16.6 Å². The van der Waals surface area contributed by atoms with E-state index in [2.05, 4.69) is 34.2 Å². The van der Waals surface area contributed by atoms with Gasteiger partial charge in [-0.3, -0.25) is 0 Å². The largest absolute Gasteiger partial charge is 0.493 e. The molecule has 2 N–H and O–H groups in total. The fraction of sp³-hybridized carbons (Fsp3) is 0.222. The Morgan fingerprint density at radius 1 is 1.22 bits per heavy atom. The fourth-order valence-electron chi connectivity index (χ4n) is 3.49. The molecule has 0 unspecified atom stereocenters. The summed E-state index contributed by atoms with van der Waals surface area (Å²) in [7, 11) is 2.10. The van der Waals surface area contributed by atoms with Gasteiger partial charge in [-0.15, -0.1) is 4.91 Å². The van der Waals surface area contributed by atoms with Crippen LogP contribution in [0.3, 0.4) is 0 Å². The summed E-state index contributed by atoms with van der Waals surface area (Å²) in [5.41, 5.74) is 5.56. The maximum Gasteiger partial charge on any atom is 0.219 e. The number of nitrogens with one attached hydrogen (secondary N) is 1. The van der Waals surface area contributed by atoms with E-state index in [1.165, 1.54) is 11.1 Å². The number of hydrogen-bond acceptors (Lipinski definition) is 4. The molecule has 0 radical (unpaired) electrons. The molecule has 0 fully saturated rings. The average Bonchev–Trinajstić information content (AvgIpc) is 2.89. The lowest BCUT2D eigenvalue weighted by Crippen LogP contribution is -2.27. The molecule has 116 valence electrons. The van der Waals surface area contributed by atoms with Gasteiger partial charge in [0, 0.05) is 18.5 Å². The van der Waals surface area contributed by atoms with E-state index < -0.39 is 0 Å². The zero-order chi connectivity index (χ0) is 16.0. The summed E-state index contributed by atoms with van der Waals surface area (Å²) >= 11 is 0. The summed E-state index contributed by atoms with van der Waals surface area (Å²) < 4.78 is 0. The van der Waals surface area contributed by atoms with E-state index >= 15 is 0 Å². The number of fused-ring (bicyclic) bond motifs is 3. The molecule has 2 aromatic carbocycles. The molecule has 0 spiro atoms. The summed E-state index contributed by atoms with van der Waals surface area (Å²) in [6.07, 6.45) is 0.876. The van der Waals surface area contributed by atoms with Crippen LogP contribution in [-0.2, 0) is 13.0 Å². The van der Waals surface area contributed by atoms with Crippen LogP contribution in [-0.4, -0.2) is 28.6 Å². The first-order chi connectivity index (χ1) is 11.2. The number of nitrogens with zero attached hydrogens (tertiary/aromatic N) is 2. The minimum Gasteiger partial charge on any atom is -0.493 e. The van der Waals surface area contributed by atoms with Crippen molar-refractivity contribution in [3.8, 4) is 17.0 Å². The number of hydrogen-bond donors (Lipinski definition) is 2. The van der Waals surface area contributed by atoms with Crippen LogP contribution in [0.2, 0.25) is 0 Å². The highest BCUT2D eigenvalue weighted by atomic mass is 16.3. The smallest absolute Gasteiger partial charge is 0.219 e. The second-order valence-corrected chi connectivity index (χ2v) is 6.07. The molecule has 5 heteroatoms. The predicted octanol–water partition coefficient (Wildman–Crippen LogP) is 3.93. The lowest BCUT2D eigenvalue weighted by Gasteiger charge is -2.27. The second kappa shape index (κ2) is 5.21. The maximum atomic E-state index is 11.1. The molecular formula is C18H17N3O2. The van der Waals surface area contributed by atoms with Crippen LogP contribution in [0.25, 0.3) is 22.0 Å².